The molecule has 6 rings (SSSR count). The molecule has 2 aliphatic rings. The number of hydrogen-bond donors (Lipinski definition) is 1. The molecule has 2 aromatic heterocycles. The summed E-state index contributed by atoms with van der Waals surface area (Å²) in [4.78, 5) is 42.2. The largest absolute Gasteiger partial charge is 0.479 e. The van der Waals surface area contributed by atoms with Gasteiger partial charge in [0.05, 0.1) is 25.9 Å². The number of hydroxylamine groups is 2. The van der Waals surface area contributed by atoms with Gasteiger partial charge in [-0.25, -0.2) is 14.8 Å². The molecule has 212 valence electrons. The molecule has 4 heterocycles. The van der Waals surface area contributed by atoms with Crippen LogP contribution in [0.3, 0.4) is 0 Å². The normalized spacial score (nSPS) is 16.5. The molecule has 1 amide bonds. The number of anilines is 2. The number of fused-ring (bicyclic) bond motifs is 1. The average Bonchev–Trinajstić information content (AvgIpc) is 3.40. The number of imidazole rings is 1. The van der Waals surface area contributed by atoms with Gasteiger partial charge >= 0.3 is 5.97 Å². The summed E-state index contributed by atoms with van der Waals surface area (Å²) in [7, 11) is 1.59. The Kier molecular flexibility index (Phi) is 7.79. The van der Waals surface area contributed by atoms with E-state index >= 15 is 0 Å². The first-order chi connectivity index (χ1) is 20.1. The van der Waals surface area contributed by atoms with Gasteiger partial charge in [-0.15, -0.1) is 5.06 Å². The van der Waals surface area contributed by atoms with Gasteiger partial charge in [0.15, 0.2) is 11.3 Å². The summed E-state index contributed by atoms with van der Waals surface area (Å²) >= 11 is 0. The molecule has 41 heavy (non-hydrogen) atoms. The van der Waals surface area contributed by atoms with Gasteiger partial charge in [-0.1, -0.05) is 18.2 Å². The van der Waals surface area contributed by atoms with Crippen LogP contribution in [0.2, 0.25) is 0 Å². The predicted octanol–water partition coefficient (Wildman–Crippen LogP) is 3.91. The van der Waals surface area contributed by atoms with Crippen molar-refractivity contribution in [1.29, 1.82) is 0 Å². The second-order valence-corrected chi connectivity index (χ2v) is 10.0. The zero-order chi connectivity index (χ0) is 28.2. The van der Waals surface area contributed by atoms with Gasteiger partial charge in [0.1, 0.15) is 5.82 Å². The van der Waals surface area contributed by atoms with Crippen molar-refractivity contribution in [3.8, 4) is 5.88 Å². The number of nitrogens with one attached hydrogen (secondary N) is 1. The highest BCUT2D eigenvalue weighted by atomic mass is 16.7. The molecule has 0 unspecified atom stereocenters. The van der Waals surface area contributed by atoms with Crippen molar-refractivity contribution in [3.63, 3.8) is 0 Å². The fraction of sp³-hybridized carbons (Fsp3) is 0.333. The number of ether oxygens (including phenoxy) is 2. The maximum atomic E-state index is 12.8. The van der Waals surface area contributed by atoms with E-state index in [1.165, 1.54) is 0 Å². The molecule has 0 radical (unpaired) electrons. The summed E-state index contributed by atoms with van der Waals surface area (Å²) in [6.45, 7) is 3.53. The molecule has 0 aliphatic carbocycles. The van der Waals surface area contributed by atoms with E-state index in [2.05, 4.69) is 10.3 Å². The van der Waals surface area contributed by atoms with Gasteiger partial charge in [0, 0.05) is 55.7 Å². The fourth-order valence-corrected chi connectivity index (χ4v) is 5.29. The first kappa shape index (κ1) is 26.7. The van der Waals surface area contributed by atoms with Crippen molar-refractivity contribution >= 4 is 28.9 Å². The van der Waals surface area contributed by atoms with Crippen LogP contribution in [-0.2, 0) is 9.57 Å². The number of morpholine rings is 1. The van der Waals surface area contributed by atoms with Crippen LogP contribution in [0, 0.1) is 0 Å². The van der Waals surface area contributed by atoms with Crippen molar-refractivity contribution in [1.82, 2.24) is 24.3 Å². The number of carbonyl (C=O) groups is 2. The highest BCUT2D eigenvalue weighted by Crippen LogP contribution is 2.35. The van der Waals surface area contributed by atoms with Crippen molar-refractivity contribution in [2.75, 3.05) is 51.8 Å². The van der Waals surface area contributed by atoms with Crippen LogP contribution in [0.25, 0.3) is 5.52 Å². The van der Waals surface area contributed by atoms with Crippen LogP contribution < -0.4 is 10.1 Å². The highest BCUT2D eigenvalue weighted by molar-refractivity contribution is 5.95. The first-order valence-electron chi connectivity index (χ1n) is 13.8. The number of hydrogen-bond acceptors (Lipinski definition) is 9. The summed E-state index contributed by atoms with van der Waals surface area (Å²) in [6, 6.07) is 16.4. The predicted molar refractivity (Wildman–Crippen MR) is 151 cm³/mol. The third-order valence-corrected chi connectivity index (χ3v) is 7.48. The number of carbonyl (C=O) groups excluding carboxylic acids is 2. The van der Waals surface area contributed by atoms with Gasteiger partial charge in [-0.05, 0) is 49.2 Å². The van der Waals surface area contributed by atoms with Crippen molar-refractivity contribution in [3.05, 3.63) is 83.9 Å². The molecule has 4 aromatic rings. The van der Waals surface area contributed by atoms with Crippen LogP contribution in [-0.4, -0.2) is 82.7 Å². The van der Waals surface area contributed by atoms with Crippen LogP contribution in [0.15, 0.2) is 67.0 Å². The molecular formula is C30H32N6O5. The van der Waals surface area contributed by atoms with E-state index in [4.69, 9.17) is 19.3 Å². The minimum absolute atomic E-state index is 0.00115. The number of piperidine rings is 1. The maximum absolute atomic E-state index is 12.8. The van der Waals surface area contributed by atoms with E-state index < -0.39 is 0 Å². The van der Waals surface area contributed by atoms with E-state index in [1.54, 1.807) is 30.5 Å². The maximum Gasteiger partial charge on any atom is 0.357 e. The lowest BCUT2D eigenvalue weighted by atomic mass is 9.97. The Morgan fingerprint density at radius 1 is 0.951 bits per heavy atom. The zero-order valence-electron chi connectivity index (χ0n) is 22.9. The minimum Gasteiger partial charge on any atom is -0.479 e. The molecule has 2 aliphatic heterocycles. The Labute approximate surface area is 237 Å². The molecular weight excluding hydrogens is 524 g/mol. The van der Waals surface area contributed by atoms with Gasteiger partial charge in [0.2, 0.25) is 5.88 Å². The lowest BCUT2D eigenvalue weighted by molar-refractivity contribution is -0.122. The quantitative estimate of drug-likeness (QED) is 0.362. The van der Waals surface area contributed by atoms with Crippen LogP contribution in [0.1, 0.15) is 45.3 Å². The molecule has 2 fully saturated rings. The van der Waals surface area contributed by atoms with Gasteiger partial charge in [-0.2, -0.15) is 0 Å². The lowest BCUT2D eigenvalue weighted by Crippen LogP contribution is -2.40. The highest BCUT2D eigenvalue weighted by Gasteiger charge is 2.29. The number of aromatic nitrogens is 3. The van der Waals surface area contributed by atoms with Gasteiger partial charge in [0.25, 0.3) is 5.91 Å². The van der Waals surface area contributed by atoms with Gasteiger partial charge in [-0.3, -0.25) is 9.20 Å². The molecule has 11 heteroatoms. The lowest BCUT2D eigenvalue weighted by Gasteiger charge is -2.29. The molecule has 11 nitrogen and oxygen atoms in total. The zero-order valence-corrected chi connectivity index (χ0v) is 22.9. The molecule has 0 bridgehead atoms. The van der Waals surface area contributed by atoms with Crippen LogP contribution in [0.5, 0.6) is 5.88 Å². The van der Waals surface area contributed by atoms with E-state index in [9.17, 15) is 9.59 Å². The molecule has 1 N–H and O–H groups in total. The van der Waals surface area contributed by atoms with Crippen molar-refractivity contribution < 1.29 is 23.9 Å². The molecule has 2 aromatic carbocycles. The fourth-order valence-electron chi connectivity index (χ4n) is 5.29. The summed E-state index contributed by atoms with van der Waals surface area (Å²) in [6.07, 6.45) is 5.12. The Morgan fingerprint density at radius 2 is 1.68 bits per heavy atom. The van der Waals surface area contributed by atoms with Gasteiger partial charge < -0.3 is 24.5 Å². The Hall–Kier alpha value is -4.48. The third-order valence-electron chi connectivity index (χ3n) is 7.48. The van der Waals surface area contributed by atoms with Crippen molar-refractivity contribution in [2.24, 2.45) is 0 Å². The Morgan fingerprint density at radius 3 is 2.39 bits per heavy atom. The molecule has 2 saturated heterocycles. The number of benzene rings is 2. The second kappa shape index (κ2) is 11.9. The third kappa shape index (κ3) is 5.72. The molecule has 0 atom stereocenters. The van der Waals surface area contributed by atoms with Crippen LogP contribution >= 0.6 is 0 Å². The number of rotatable bonds is 7. The monoisotopic (exact) mass is 556 g/mol. The number of amides is 1. The topological polar surface area (TPSA) is 111 Å². The second-order valence-electron chi connectivity index (χ2n) is 10.0. The number of nitrogens with zero attached hydrogens (tertiary/aromatic N) is 5. The summed E-state index contributed by atoms with van der Waals surface area (Å²) in [5.41, 5.74) is 2.69. The molecule has 0 spiro atoms. The standard InChI is InChI=1S/C30H32N6O5/c1-39-28-25-26(32-24-9-7-22(8-10-24)29(37)34-17-19-40-20-18-34)33-27(36(25)16-13-31-28)21-11-14-35(15-12-21)41-30(38)23-5-3-2-4-6-23/h2-10,13,16,21,32H,11-12,14-15,17-20H2,1H3. The first-order valence-corrected chi connectivity index (χ1v) is 13.8. The van der Waals surface area contributed by atoms with E-state index in [0.717, 1.165) is 29.9 Å². The average molecular weight is 557 g/mol. The number of methoxy groups -OCH3 is 1. The molecule has 0 saturated carbocycles. The van der Waals surface area contributed by atoms with E-state index in [0.29, 0.717) is 62.2 Å². The summed E-state index contributed by atoms with van der Waals surface area (Å²) in [5.74, 6) is 1.76. The Bertz CT molecular complexity index is 1510. The minimum atomic E-state index is -0.352. The van der Waals surface area contributed by atoms with E-state index in [1.807, 2.05) is 58.0 Å². The SMILES string of the molecule is COc1nccn2c(C3CCN(OC(=O)c4ccccc4)CC3)nc(Nc3ccc(C(=O)N4CCOCC4)cc3)c12. The summed E-state index contributed by atoms with van der Waals surface area (Å²) in [5, 5.41) is 5.13. The Balaban J connectivity index is 1.18. The summed E-state index contributed by atoms with van der Waals surface area (Å²) < 4.78 is 13.0. The van der Waals surface area contributed by atoms with Crippen LogP contribution in [0.4, 0.5) is 11.5 Å². The van der Waals surface area contributed by atoms with Crippen molar-refractivity contribution in [2.45, 2.75) is 18.8 Å². The smallest absolute Gasteiger partial charge is 0.357 e. The van der Waals surface area contributed by atoms with E-state index in [-0.39, 0.29) is 17.8 Å².